The van der Waals surface area contributed by atoms with Gasteiger partial charge in [0, 0.05) is 12.7 Å². The zero-order chi connectivity index (χ0) is 14.7. The van der Waals surface area contributed by atoms with Crippen molar-refractivity contribution in [3.8, 4) is 6.07 Å². The van der Waals surface area contributed by atoms with Gasteiger partial charge in [-0.2, -0.15) is 5.26 Å². The van der Waals surface area contributed by atoms with Crippen LogP contribution in [0.3, 0.4) is 0 Å². The van der Waals surface area contributed by atoms with Crippen LogP contribution >= 0.6 is 0 Å². The second-order valence-electron chi connectivity index (χ2n) is 5.16. The normalized spacial score (nSPS) is 15.1. The van der Waals surface area contributed by atoms with Gasteiger partial charge in [-0.3, -0.25) is 0 Å². The van der Waals surface area contributed by atoms with E-state index in [1.165, 1.54) is 0 Å². The summed E-state index contributed by atoms with van der Waals surface area (Å²) < 4.78 is 0. The number of aryl methyl sites for hydroxylation is 2. The average Bonchev–Trinajstić information content (AvgIpc) is 2.46. The van der Waals surface area contributed by atoms with Crippen molar-refractivity contribution in [3.05, 3.63) is 22.9 Å². The highest BCUT2D eigenvalue weighted by Gasteiger charge is 2.25. The highest BCUT2D eigenvalue weighted by atomic mass is 16.4. The number of carboxylic acids is 1. The molecule has 0 aromatic carbocycles. The van der Waals surface area contributed by atoms with E-state index in [-0.39, 0.29) is 0 Å². The minimum Gasteiger partial charge on any atom is -0.480 e. The summed E-state index contributed by atoms with van der Waals surface area (Å²) >= 11 is 0. The molecule has 5 nitrogen and oxygen atoms in total. The van der Waals surface area contributed by atoms with Crippen molar-refractivity contribution in [2.45, 2.75) is 45.1 Å². The van der Waals surface area contributed by atoms with Crippen molar-refractivity contribution >= 4 is 11.8 Å². The van der Waals surface area contributed by atoms with Crippen LogP contribution in [0.25, 0.3) is 0 Å². The molecule has 106 valence electrons. The minimum absolute atomic E-state index is 0.466. The maximum atomic E-state index is 11.3. The first kappa shape index (κ1) is 14.3. The largest absolute Gasteiger partial charge is 0.480 e. The van der Waals surface area contributed by atoms with Crippen molar-refractivity contribution in [1.29, 1.82) is 5.26 Å². The first-order valence-corrected chi connectivity index (χ1v) is 6.97. The summed E-state index contributed by atoms with van der Waals surface area (Å²) in [5.74, 6) is -0.402. The fourth-order valence-corrected chi connectivity index (χ4v) is 2.74. The van der Waals surface area contributed by atoms with Crippen LogP contribution in [0.4, 0.5) is 5.82 Å². The Labute approximate surface area is 118 Å². The summed E-state index contributed by atoms with van der Waals surface area (Å²) in [6, 6.07) is 3.37. The molecule has 1 N–H and O–H groups in total. The Hall–Kier alpha value is -2.09. The van der Waals surface area contributed by atoms with Gasteiger partial charge >= 0.3 is 5.97 Å². The standard InChI is InChI=1S/C15H19N3O2/c1-3-13(15(19)20)18(2)14-11(9-16)8-10-6-4-5-7-12(10)17-14/h8,13H,3-7H2,1-2H3,(H,19,20). The van der Waals surface area contributed by atoms with E-state index in [9.17, 15) is 15.2 Å². The number of hydrogen-bond acceptors (Lipinski definition) is 4. The molecule has 0 saturated heterocycles. The van der Waals surface area contributed by atoms with Crippen molar-refractivity contribution in [2.75, 3.05) is 11.9 Å². The van der Waals surface area contributed by atoms with Gasteiger partial charge in [0.15, 0.2) is 0 Å². The molecule has 0 aliphatic heterocycles. The summed E-state index contributed by atoms with van der Waals surface area (Å²) in [4.78, 5) is 17.5. The molecule has 5 heteroatoms. The second-order valence-corrected chi connectivity index (χ2v) is 5.16. The SMILES string of the molecule is CCC(C(=O)O)N(C)c1nc2c(cc1C#N)CCCC2. The Morgan fingerprint density at radius 3 is 2.85 bits per heavy atom. The van der Waals surface area contributed by atoms with Crippen LogP contribution < -0.4 is 4.90 Å². The summed E-state index contributed by atoms with van der Waals surface area (Å²) in [6.45, 7) is 1.82. The van der Waals surface area contributed by atoms with E-state index in [0.29, 0.717) is 17.8 Å². The van der Waals surface area contributed by atoms with Crippen LogP contribution in [0.15, 0.2) is 6.07 Å². The predicted octanol–water partition coefficient (Wildman–Crippen LogP) is 2.13. The Balaban J connectivity index is 2.45. The molecule has 1 atom stereocenters. The zero-order valence-electron chi connectivity index (χ0n) is 11.9. The number of likely N-dealkylation sites (N-methyl/N-ethyl adjacent to an activating group) is 1. The average molecular weight is 273 g/mol. The highest BCUT2D eigenvalue weighted by Crippen LogP contribution is 2.27. The number of carboxylic acid groups (broad SMARTS) is 1. The number of nitriles is 1. The summed E-state index contributed by atoms with van der Waals surface area (Å²) in [7, 11) is 1.70. The number of pyridine rings is 1. The van der Waals surface area contributed by atoms with E-state index >= 15 is 0 Å². The van der Waals surface area contributed by atoms with Gasteiger partial charge in [0.05, 0.1) is 5.56 Å². The number of anilines is 1. The van der Waals surface area contributed by atoms with Gasteiger partial charge in [0.2, 0.25) is 0 Å². The van der Waals surface area contributed by atoms with Crippen molar-refractivity contribution in [2.24, 2.45) is 0 Å². The number of hydrogen-bond donors (Lipinski definition) is 1. The van der Waals surface area contributed by atoms with E-state index in [2.05, 4.69) is 11.1 Å². The smallest absolute Gasteiger partial charge is 0.326 e. The number of aliphatic carboxylic acids is 1. The summed E-state index contributed by atoms with van der Waals surface area (Å²) in [5, 5.41) is 18.6. The fraction of sp³-hybridized carbons (Fsp3) is 0.533. The minimum atomic E-state index is -0.890. The molecule has 0 spiro atoms. The van der Waals surface area contributed by atoms with E-state index in [0.717, 1.165) is 36.9 Å². The quantitative estimate of drug-likeness (QED) is 0.909. The lowest BCUT2D eigenvalue weighted by Gasteiger charge is -2.27. The molecular formula is C15H19N3O2. The van der Waals surface area contributed by atoms with Gasteiger partial charge in [-0.25, -0.2) is 9.78 Å². The van der Waals surface area contributed by atoms with Crippen LogP contribution in [-0.2, 0) is 17.6 Å². The summed E-state index contributed by atoms with van der Waals surface area (Å²) in [6.07, 6.45) is 4.56. The molecular weight excluding hydrogens is 254 g/mol. The Bertz CT molecular complexity index is 563. The molecule has 20 heavy (non-hydrogen) atoms. The lowest BCUT2D eigenvalue weighted by atomic mass is 9.94. The van der Waals surface area contributed by atoms with Crippen LogP contribution in [-0.4, -0.2) is 29.1 Å². The Kier molecular flexibility index (Phi) is 4.23. The first-order chi connectivity index (χ1) is 9.58. The molecule has 1 unspecified atom stereocenters. The molecule has 0 bridgehead atoms. The molecule has 1 aliphatic rings. The van der Waals surface area contributed by atoms with Gasteiger partial charge in [0.1, 0.15) is 17.9 Å². The fourth-order valence-electron chi connectivity index (χ4n) is 2.74. The van der Waals surface area contributed by atoms with Gasteiger partial charge in [-0.1, -0.05) is 6.92 Å². The lowest BCUT2D eigenvalue weighted by molar-refractivity contribution is -0.138. The third kappa shape index (κ3) is 2.60. The van der Waals surface area contributed by atoms with Crippen LogP contribution in [0.5, 0.6) is 0 Å². The number of carbonyl (C=O) groups is 1. The molecule has 0 saturated carbocycles. The number of rotatable bonds is 4. The Morgan fingerprint density at radius 2 is 2.25 bits per heavy atom. The molecule has 0 amide bonds. The molecule has 1 aliphatic carbocycles. The Morgan fingerprint density at radius 1 is 1.55 bits per heavy atom. The monoisotopic (exact) mass is 273 g/mol. The zero-order valence-corrected chi connectivity index (χ0v) is 11.9. The molecule has 0 radical (unpaired) electrons. The van der Waals surface area contributed by atoms with Crippen molar-refractivity contribution in [3.63, 3.8) is 0 Å². The van der Waals surface area contributed by atoms with E-state index in [1.807, 2.05) is 13.0 Å². The summed E-state index contributed by atoms with van der Waals surface area (Å²) in [5.41, 5.74) is 2.61. The number of nitrogens with zero attached hydrogens (tertiary/aromatic N) is 3. The number of aromatic nitrogens is 1. The molecule has 1 heterocycles. The first-order valence-electron chi connectivity index (χ1n) is 6.97. The number of fused-ring (bicyclic) bond motifs is 1. The van der Waals surface area contributed by atoms with E-state index in [4.69, 9.17) is 0 Å². The highest BCUT2D eigenvalue weighted by molar-refractivity contribution is 5.78. The van der Waals surface area contributed by atoms with Gasteiger partial charge in [-0.05, 0) is 43.7 Å². The van der Waals surface area contributed by atoms with Crippen LogP contribution in [0.1, 0.15) is 43.0 Å². The van der Waals surface area contributed by atoms with Gasteiger partial charge < -0.3 is 10.0 Å². The second kappa shape index (κ2) is 5.91. The lowest BCUT2D eigenvalue weighted by Crippen LogP contribution is -2.39. The van der Waals surface area contributed by atoms with E-state index in [1.54, 1.807) is 11.9 Å². The molecule has 1 aromatic rings. The van der Waals surface area contributed by atoms with Crippen LogP contribution in [0.2, 0.25) is 0 Å². The van der Waals surface area contributed by atoms with Gasteiger partial charge in [0.25, 0.3) is 0 Å². The maximum Gasteiger partial charge on any atom is 0.326 e. The van der Waals surface area contributed by atoms with Crippen LogP contribution in [0, 0.1) is 11.3 Å². The third-order valence-corrected chi connectivity index (χ3v) is 3.87. The van der Waals surface area contributed by atoms with Crippen molar-refractivity contribution in [1.82, 2.24) is 4.98 Å². The van der Waals surface area contributed by atoms with Crippen molar-refractivity contribution < 1.29 is 9.90 Å². The maximum absolute atomic E-state index is 11.3. The molecule has 0 fully saturated rings. The third-order valence-electron chi connectivity index (χ3n) is 3.87. The van der Waals surface area contributed by atoms with Gasteiger partial charge in [-0.15, -0.1) is 0 Å². The van der Waals surface area contributed by atoms with E-state index < -0.39 is 12.0 Å². The molecule has 2 rings (SSSR count). The predicted molar refractivity (Wildman–Crippen MR) is 75.7 cm³/mol. The molecule has 1 aromatic heterocycles. The topological polar surface area (TPSA) is 77.2 Å².